The molecule has 1 aromatic carbocycles. The molecule has 0 unspecified atom stereocenters. The number of hydrogen-bond donors (Lipinski definition) is 0. The molecule has 0 spiro atoms. The summed E-state index contributed by atoms with van der Waals surface area (Å²) in [6.07, 6.45) is 2.06. The second kappa shape index (κ2) is 5.56. The van der Waals surface area contributed by atoms with Crippen molar-refractivity contribution in [2.24, 2.45) is 5.16 Å². The van der Waals surface area contributed by atoms with Gasteiger partial charge in [-0.25, -0.2) is 0 Å². The number of halogens is 1. The molecule has 0 heterocycles. The molecule has 0 aliphatic carbocycles. The first kappa shape index (κ1) is 12.6. The van der Waals surface area contributed by atoms with E-state index in [4.69, 9.17) is 4.84 Å². The van der Waals surface area contributed by atoms with Crippen LogP contribution in [0.25, 0.3) is 0 Å². The first-order chi connectivity index (χ1) is 7.11. The Morgan fingerprint density at radius 1 is 1.47 bits per heavy atom. The van der Waals surface area contributed by atoms with Gasteiger partial charge in [0.1, 0.15) is 7.11 Å². The predicted octanol–water partition coefficient (Wildman–Crippen LogP) is 3.85. The van der Waals surface area contributed by atoms with Gasteiger partial charge in [0.15, 0.2) is 0 Å². The van der Waals surface area contributed by atoms with E-state index in [0.29, 0.717) is 0 Å². The third-order valence-electron chi connectivity index (χ3n) is 2.17. The van der Waals surface area contributed by atoms with Crippen LogP contribution in [0.5, 0.6) is 0 Å². The van der Waals surface area contributed by atoms with Gasteiger partial charge in [0.05, 0.1) is 5.71 Å². The number of rotatable bonds is 3. The Morgan fingerprint density at radius 2 is 2.13 bits per heavy atom. The summed E-state index contributed by atoms with van der Waals surface area (Å²) >= 11 is 5.24. The van der Waals surface area contributed by atoms with Crippen molar-refractivity contribution in [3.05, 3.63) is 27.7 Å². The Balaban J connectivity index is 3.36. The molecule has 0 amide bonds. The van der Waals surface area contributed by atoms with Crippen LogP contribution in [-0.4, -0.2) is 19.1 Å². The minimum atomic E-state index is 0.903. The van der Waals surface area contributed by atoms with E-state index >= 15 is 0 Å². The summed E-state index contributed by atoms with van der Waals surface area (Å²) in [5.74, 6) is 0. The van der Waals surface area contributed by atoms with Crippen molar-refractivity contribution in [3.8, 4) is 0 Å². The fourth-order valence-corrected chi connectivity index (χ4v) is 2.50. The zero-order chi connectivity index (χ0) is 11.4. The standard InChI is InChI=1S/C11H14BrNOS/c1-7-9(12)5-6-10(15-4)11(7)8(2)13-14-3/h5-6H,1-4H3. The molecule has 1 rings (SSSR count). The molecule has 82 valence electrons. The van der Waals surface area contributed by atoms with Crippen LogP contribution in [-0.2, 0) is 4.84 Å². The molecule has 2 nitrogen and oxygen atoms in total. The maximum absolute atomic E-state index is 4.82. The molecule has 0 fully saturated rings. The van der Waals surface area contributed by atoms with Gasteiger partial charge in [0.2, 0.25) is 0 Å². The molecule has 0 N–H and O–H groups in total. The fraction of sp³-hybridized carbons (Fsp3) is 0.364. The maximum atomic E-state index is 4.82. The van der Waals surface area contributed by atoms with E-state index in [-0.39, 0.29) is 0 Å². The first-order valence-corrected chi connectivity index (χ1v) is 6.54. The number of thioether (sulfide) groups is 1. The van der Waals surface area contributed by atoms with Gasteiger partial charge in [-0.05, 0) is 37.8 Å². The molecule has 4 heteroatoms. The topological polar surface area (TPSA) is 21.6 Å². The lowest BCUT2D eigenvalue weighted by atomic mass is 10.1. The summed E-state index contributed by atoms with van der Waals surface area (Å²) in [5.41, 5.74) is 3.25. The van der Waals surface area contributed by atoms with Gasteiger partial charge in [-0.1, -0.05) is 21.1 Å². The lowest BCUT2D eigenvalue weighted by Gasteiger charge is -2.11. The molecule has 0 atom stereocenters. The lowest BCUT2D eigenvalue weighted by Crippen LogP contribution is -2.02. The van der Waals surface area contributed by atoms with E-state index in [1.807, 2.05) is 6.92 Å². The summed E-state index contributed by atoms with van der Waals surface area (Å²) in [6.45, 7) is 4.03. The van der Waals surface area contributed by atoms with Crippen LogP contribution < -0.4 is 0 Å². The average Bonchev–Trinajstić information content (AvgIpc) is 2.22. The highest BCUT2D eigenvalue weighted by Crippen LogP contribution is 2.29. The van der Waals surface area contributed by atoms with E-state index < -0.39 is 0 Å². The normalized spacial score (nSPS) is 11.7. The Kier molecular flexibility index (Phi) is 4.67. The quantitative estimate of drug-likeness (QED) is 0.478. The van der Waals surface area contributed by atoms with Crippen LogP contribution >= 0.6 is 27.7 Å². The van der Waals surface area contributed by atoms with Crippen LogP contribution in [0.3, 0.4) is 0 Å². The Hall–Kier alpha value is -0.480. The van der Waals surface area contributed by atoms with Crippen LogP contribution in [0.2, 0.25) is 0 Å². The largest absolute Gasteiger partial charge is 0.399 e. The third-order valence-corrected chi connectivity index (χ3v) is 3.81. The summed E-state index contributed by atoms with van der Waals surface area (Å²) in [5, 5.41) is 3.99. The van der Waals surface area contributed by atoms with E-state index in [2.05, 4.69) is 46.4 Å². The predicted molar refractivity (Wildman–Crippen MR) is 69.9 cm³/mol. The van der Waals surface area contributed by atoms with Crippen LogP contribution in [0.15, 0.2) is 26.7 Å². The number of hydrogen-bond acceptors (Lipinski definition) is 3. The summed E-state index contributed by atoms with van der Waals surface area (Å²) < 4.78 is 1.10. The zero-order valence-corrected chi connectivity index (χ0v) is 11.7. The van der Waals surface area contributed by atoms with Crippen molar-refractivity contribution in [1.29, 1.82) is 0 Å². The van der Waals surface area contributed by atoms with Gasteiger partial charge < -0.3 is 4.84 Å². The second-order valence-electron chi connectivity index (χ2n) is 3.11. The summed E-state index contributed by atoms with van der Waals surface area (Å²) in [6, 6.07) is 4.15. The Labute approximate surface area is 103 Å². The van der Waals surface area contributed by atoms with E-state index in [1.54, 1.807) is 18.9 Å². The smallest absolute Gasteiger partial charge is 0.106 e. The number of benzene rings is 1. The minimum absolute atomic E-state index is 0.903. The van der Waals surface area contributed by atoms with E-state index in [0.717, 1.165) is 15.7 Å². The summed E-state index contributed by atoms with van der Waals surface area (Å²) in [7, 11) is 1.57. The summed E-state index contributed by atoms with van der Waals surface area (Å²) in [4.78, 5) is 6.03. The Bertz CT molecular complexity index is 390. The van der Waals surface area contributed by atoms with Gasteiger partial charge >= 0.3 is 0 Å². The average molecular weight is 288 g/mol. The minimum Gasteiger partial charge on any atom is -0.399 e. The van der Waals surface area contributed by atoms with E-state index in [9.17, 15) is 0 Å². The molecule has 0 aliphatic heterocycles. The van der Waals surface area contributed by atoms with Crippen molar-refractivity contribution >= 4 is 33.4 Å². The molecular formula is C11H14BrNOS. The van der Waals surface area contributed by atoms with Gasteiger partial charge in [-0.3, -0.25) is 0 Å². The maximum Gasteiger partial charge on any atom is 0.106 e. The van der Waals surface area contributed by atoms with Gasteiger partial charge in [-0.15, -0.1) is 11.8 Å². The van der Waals surface area contributed by atoms with Crippen LogP contribution in [0.1, 0.15) is 18.1 Å². The highest BCUT2D eigenvalue weighted by molar-refractivity contribution is 9.10. The van der Waals surface area contributed by atoms with Gasteiger partial charge in [0.25, 0.3) is 0 Å². The first-order valence-electron chi connectivity index (χ1n) is 4.53. The monoisotopic (exact) mass is 287 g/mol. The lowest BCUT2D eigenvalue weighted by molar-refractivity contribution is 0.213. The van der Waals surface area contributed by atoms with Crippen molar-refractivity contribution in [2.45, 2.75) is 18.7 Å². The van der Waals surface area contributed by atoms with Crippen molar-refractivity contribution in [3.63, 3.8) is 0 Å². The molecule has 15 heavy (non-hydrogen) atoms. The fourth-order valence-electron chi connectivity index (χ4n) is 1.46. The molecule has 1 aromatic rings. The molecular weight excluding hydrogens is 274 g/mol. The van der Waals surface area contributed by atoms with Crippen molar-refractivity contribution in [2.75, 3.05) is 13.4 Å². The van der Waals surface area contributed by atoms with Crippen molar-refractivity contribution in [1.82, 2.24) is 0 Å². The highest BCUT2D eigenvalue weighted by atomic mass is 79.9. The van der Waals surface area contributed by atoms with Crippen LogP contribution in [0.4, 0.5) is 0 Å². The zero-order valence-electron chi connectivity index (χ0n) is 9.30. The second-order valence-corrected chi connectivity index (χ2v) is 4.81. The molecule has 0 radical (unpaired) electrons. The van der Waals surface area contributed by atoms with Crippen LogP contribution in [0, 0.1) is 6.92 Å². The molecule has 0 aromatic heterocycles. The molecule has 0 aliphatic rings. The van der Waals surface area contributed by atoms with E-state index in [1.165, 1.54) is 10.5 Å². The highest BCUT2D eigenvalue weighted by Gasteiger charge is 2.11. The SMILES string of the molecule is CON=C(C)c1c(SC)ccc(Br)c1C. The third kappa shape index (κ3) is 2.75. The van der Waals surface area contributed by atoms with Gasteiger partial charge in [0, 0.05) is 14.9 Å². The molecule has 0 saturated heterocycles. The van der Waals surface area contributed by atoms with Crippen molar-refractivity contribution < 1.29 is 4.84 Å². The number of nitrogens with zero attached hydrogens (tertiary/aromatic N) is 1. The molecule has 0 bridgehead atoms. The number of oxime groups is 1. The van der Waals surface area contributed by atoms with Gasteiger partial charge in [-0.2, -0.15) is 0 Å². The Morgan fingerprint density at radius 3 is 2.67 bits per heavy atom. The molecule has 0 saturated carbocycles.